The highest BCUT2D eigenvalue weighted by Gasteiger charge is 2.31. The molecule has 0 aliphatic carbocycles. The van der Waals surface area contributed by atoms with Crippen LogP contribution in [0.2, 0.25) is 0 Å². The number of piperidine rings is 1. The summed E-state index contributed by atoms with van der Waals surface area (Å²) in [7, 11) is 0. The van der Waals surface area contributed by atoms with Crippen LogP contribution in [0.4, 0.5) is 19.0 Å². The van der Waals surface area contributed by atoms with E-state index in [1.807, 2.05) is 4.90 Å². The minimum atomic E-state index is -4.28. The Morgan fingerprint density at radius 1 is 1.12 bits per heavy atom. The molecule has 1 aromatic rings. The van der Waals surface area contributed by atoms with E-state index >= 15 is 0 Å². The van der Waals surface area contributed by atoms with E-state index in [1.165, 1.54) is 6.20 Å². The number of nitrogens with zero attached hydrogens (tertiary/aromatic N) is 2. The summed E-state index contributed by atoms with van der Waals surface area (Å²) in [5.41, 5.74) is -0.622. The molecule has 2 nitrogen and oxygen atoms in total. The molecule has 0 amide bonds. The third-order valence-corrected chi connectivity index (χ3v) is 2.75. The van der Waals surface area contributed by atoms with Gasteiger partial charge in [-0.05, 0) is 31.4 Å². The average molecular weight is 230 g/mol. The first-order valence-electron chi connectivity index (χ1n) is 5.35. The maximum atomic E-state index is 12.5. The fraction of sp³-hybridized carbons (Fsp3) is 0.545. The first kappa shape index (κ1) is 11.2. The smallest absolute Gasteiger partial charge is 0.357 e. The molecular formula is C11H13F3N2. The van der Waals surface area contributed by atoms with Crippen LogP contribution in [0, 0.1) is 0 Å². The van der Waals surface area contributed by atoms with Crippen LogP contribution in [0.5, 0.6) is 0 Å². The average Bonchev–Trinajstić information content (AvgIpc) is 2.29. The molecule has 0 radical (unpaired) electrons. The van der Waals surface area contributed by atoms with Gasteiger partial charge < -0.3 is 4.90 Å². The number of hydrogen-bond donors (Lipinski definition) is 0. The maximum Gasteiger partial charge on any atom is 0.416 e. The summed E-state index contributed by atoms with van der Waals surface area (Å²) in [5, 5.41) is 0. The predicted octanol–water partition coefficient (Wildman–Crippen LogP) is 3.09. The second-order valence-electron chi connectivity index (χ2n) is 3.95. The van der Waals surface area contributed by atoms with Gasteiger partial charge in [-0.2, -0.15) is 13.2 Å². The van der Waals surface area contributed by atoms with E-state index in [0.717, 1.165) is 44.5 Å². The van der Waals surface area contributed by atoms with Crippen LogP contribution in [-0.4, -0.2) is 18.1 Å². The van der Waals surface area contributed by atoms with E-state index in [4.69, 9.17) is 0 Å². The Kier molecular flexibility index (Phi) is 3.03. The quantitative estimate of drug-likeness (QED) is 0.737. The van der Waals surface area contributed by atoms with Crippen LogP contribution < -0.4 is 4.90 Å². The van der Waals surface area contributed by atoms with Crippen LogP contribution in [0.1, 0.15) is 24.8 Å². The summed E-state index contributed by atoms with van der Waals surface area (Å²) in [6, 6.07) is 2.14. The van der Waals surface area contributed by atoms with E-state index in [1.54, 1.807) is 0 Å². The van der Waals surface area contributed by atoms with Crippen molar-refractivity contribution in [2.24, 2.45) is 0 Å². The lowest BCUT2D eigenvalue weighted by atomic mass is 10.1. The molecule has 88 valence electrons. The van der Waals surface area contributed by atoms with Gasteiger partial charge in [0.2, 0.25) is 0 Å². The van der Waals surface area contributed by atoms with Gasteiger partial charge in [0.1, 0.15) is 5.82 Å². The standard InChI is InChI=1S/C11H13F3N2/c12-11(13,14)9-4-5-15-10(8-9)16-6-2-1-3-7-16/h4-5,8H,1-3,6-7H2. The van der Waals surface area contributed by atoms with E-state index in [0.29, 0.717) is 5.82 Å². The van der Waals surface area contributed by atoms with Crippen molar-refractivity contribution in [3.8, 4) is 0 Å². The van der Waals surface area contributed by atoms with Gasteiger partial charge in [-0.25, -0.2) is 4.98 Å². The highest BCUT2D eigenvalue weighted by atomic mass is 19.4. The van der Waals surface area contributed by atoms with Gasteiger partial charge in [-0.3, -0.25) is 0 Å². The van der Waals surface area contributed by atoms with Gasteiger partial charge in [-0.1, -0.05) is 0 Å². The molecule has 1 saturated heterocycles. The summed E-state index contributed by atoms with van der Waals surface area (Å²) < 4.78 is 37.5. The van der Waals surface area contributed by atoms with E-state index in [9.17, 15) is 13.2 Å². The lowest BCUT2D eigenvalue weighted by molar-refractivity contribution is -0.137. The number of hydrogen-bond acceptors (Lipinski definition) is 2. The normalized spacial score (nSPS) is 17.6. The zero-order chi connectivity index (χ0) is 11.6. The Labute approximate surface area is 92.1 Å². The van der Waals surface area contributed by atoms with Crippen LogP contribution in [0.3, 0.4) is 0 Å². The molecule has 0 N–H and O–H groups in total. The molecule has 2 heterocycles. The number of halogens is 3. The van der Waals surface area contributed by atoms with Gasteiger partial charge in [0.25, 0.3) is 0 Å². The SMILES string of the molecule is FC(F)(F)c1ccnc(N2CCCCC2)c1. The van der Waals surface area contributed by atoms with Crippen molar-refractivity contribution in [3.63, 3.8) is 0 Å². The summed E-state index contributed by atoms with van der Waals surface area (Å²) in [6.07, 6.45) is 0.144. The summed E-state index contributed by atoms with van der Waals surface area (Å²) in [5.74, 6) is 0.439. The van der Waals surface area contributed by atoms with Gasteiger partial charge in [0.15, 0.2) is 0 Å². The molecule has 1 fully saturated rings. The minimum absolute atomic E-state index is 0.439. The Morgan fingerprint density at radius 3 is 2.44 bits per heavy atom. The third kappa shape index (κ3) is 2.46. The molecule has 5 heteroatoms. The van der Waals surface area contributed by atoms with Crippen LogP contribution in [-0.2, 0) is 6.18 Å². The van der Waals surface area contributed by atoms with Crippen LogP contribution in [0.25, 0.3) is 0 Å². The van der Waals surface area contributed by atoms with Crippen LogP contribution in [0.15, 0.2) is 18.3 Å². The lowest BCUT2D eigenvalue weighted by Crippen LogP contribution is -2.30. The van der Waals surface area contributed by atoms with Crippen molar-refractivity contribution in [3.05, 3.63) is 23.9 Å². The number of rotatable bonds is 1. The zero-order valence-corrected chi connectivity index (χ0v) is 8.80. The molecule has 0 aromatic carbocycles. The Balaban J connectivity index is 2.21. The van der Waals surface area contributed by atoms with Crippen molar-refractivity contribution < 1.29 is 13.2 Å². The molecule has 1 aliphatic rings. The number of alkyl halides is 3. The molecule has 1 aromatic heterocycles. The molecule has 0 spiro atoms. The van der Waals surface area contributed by atoms with Gasteiger partial charge in [0, 0.05) is 19.3 Å². The van der Waals surface area contributed by atoms with Crippen molar-refractivity contribution in [1.29, 1.82) is 0 Å². The monoisotopic (exact) mass is 230 g/mol. The highest BCUT2D eigenvalue weighted by Crippen LogP contribution is 2.31. The molecule has 0 saturated carbocycles. The minimum Gasteiger partial charge on any atom is -0.357 e. The van der Waals surface area contributed by atoms with E-state index in [2.05, 4.69) is 4.98 Å². The predicted molar refractivity (Wildman–Crippen MR) is 55.3 cm³/mol. The van der Waals surface area contributed by atoms with Crippen molar-refractivity contribution in [1.82, 2.24) is 4.98 Å². The molecular weight excluding hydrogens is 217 g/mol. The number of pyridine rings is 1. The Morgan fingerprint density at radius 2 is 1.81 bits per heavy atom. The molecule has 2 rings (SSSR count). The van der Waals surface area contributed by atoms with Crippen molar-refractivity contribution in [2.75, 3.05) is 18.0 Å². The molecule has 0 atom stereocenters. The Bertz CT molecular complexity index is 356. The molecule has 16 heavy (non-hydrogen) atoms. The largest absolute Gasteiger partial charge is 0.416 e. The van der Waals surface area contributed by atoms with Crippen molar-refractivity contribution >= 4 is 5.82 Å². The fourth-order valence-corrected chi connectivity index (χ4v) is 1.89. The fourth-order valence-electron chi connectivity index (χ4n) is 1.89. The van der Waals surface area contributed by atoms with Gasteiger partial charge >= 0.3 is 6.18 Å². The topological polar surface area (TPSA) is 16.1 Å². The zero-order valence-electron chi connectivity index (χ0n) is 8.80. The van der Waals surface area contributed by atoms with Crippen molar-refractivity contribution in [2.45, 2.75) is 25.4 Å². The van der Waals surface area contributed by atoms with Crippen LogP contribution >= 0.6 is 0 Å². The number of aromatic nitrogens is 1. The van der Waals surface area contributed by atoms with E-state index < -0.39 is 11.7 Å². The highest BCUT2D eigenvalue weighted by molar-refractivity contribution is 5.42. The first-order chi connectivity index (χ1) is 7.57. The lowest BCUT2D eigenvalue weighted by Gasteiger charge is -2.28. The molecule has 0 unspecified atom stereocenters. The first-order valence-corrected chi connectivity index (χ1v) is 5.35. The maximum absolute atomic E-state index is 12.5. The van der Waals surface area contributed by atoms with E-state index in [-0.39, 0.29) is 0 Å². The number of anilines is 1. The molecule has 1 aliphatic heterocycles. The third-order valence-electron chi connectivity index (χ3n) is 2.75. The summed E-state index contributed by atoms with van der Waals surface area (Å²) >= 11 is 0. The van der Waals surface area contributed by atoms with Gasteiger partial charge in [-0.15, -0.1) is 0 Å². The molecule has 0 bridgehead atoms. The summed E-state index contributed by atoms with van der Waals surface area (Å²) in [6.45, 7) is 1.60. The van der Waals surface area contributed by atoms with Gasteiger partial charge in [0.05, 0.1) is 5.56 Å². The second kappa shape index (κ2) is 4.31. The second-order valence-corrected chi connectivity index (χ2v) is 3.95. The summed E-state index contributed by atoms with van der Waals surface area (Å²) in [4.78, 5) is 5.92. The Hall–Kier alpha value is -1.26.